The van der Waals surface area contributed by atoms with Crippen LogP contribution in [0, 0.1) is 11.8 Å². The minimum absolute atomic E-state index is 0.200. The number of benzene rings is 1. The zero-order valence-electron chi connectivity index (χ0n) is 9.91. The maximum atomic E-state index is 10.9. The van der Waals surface area contributed by atoms with Gasteiger partial charge in [-0.2, -0.15) is 5.10 Å². The van der Waals surface area contributed by atoms with Crippen molar-refractivity contribution in [3.8, 4) is 0 Å². The average molecular weight is 242 g/mol. The van der Waals surface area contributed by atoms with Crippen LogP contribution in [-0.2, 0) is 11.2 Å². The van der Waals surface area contributed by atoms with Crippen molar-refractivity contribution < 1.29 is 9.90 Å². The Morgan fingerprint density at radius 1 is 1.28 bits per heavy atom. The largest absolute Gasteiger partial charge is 0.477 e. The van der Waals surface area contributed by atoms with Gasteiger partial charge in [0.15, 0.2) is 0 Å². The van der Waals surface area contributed by atoms with Crippen molar-refractivity contribution in [2.24, 2.45) is 22.0 Å². The van der Waals surface area contributed by atoms with Gasteiger partial charge in [0.2, 0.25) is 0 Å². The fourth-order valence-corrected chi connectivity index (χ4v) is 2.47. The Labute approximate surface area is 105 Å². The Hall–Kier alpha value is -1.97. The molecule has 0 spiro atoms. The average Bonchev–Trinajstić information content (AvgIpc) is 3.12. The first kappa shape index (κ1) is 11.1. The van der Waals surface area contributed by atoms with Gasteiger partial charge in [0.05, 0.1) is 0 Å². The molecule has 2 unspecified atom stereocenters. The number of carboxylic acid groups (broad SMARTS) is 1. The van der Waals surface area contributed by atoms with E-state index in [1.54, 1.807) is 0 Å². The van der Waals surface area contributed by atoms with Crippen LogP contribution in [0.15, 0.2) is 40.5 Å². The van der Waals surface area contributed by atoms with E-state index < -0.39 is 5.97 Å². The molecule has 3 rings (SSSR count). The molecule has 1 aromatic carbocycles. The summed E-state index contributed by atoms with van der Waals surface area (Å²) in [5.74, 6) is -0.0685. The molecule has 18 heavy (non-hydrogen) atoms. The van der Waals surface area contributed by atoms with Gasteiger partial charge in [-0.1, -0.05) is 30.3 Å². The molecule has 2 atom stereocenters. The smallest absolute Gasteiger partial charge is 0.352 e. The van der Waals surface area contributed by atoms with Gasteiger partial charge >= 0.3 is 5.97 Å². The lowest BCUT2D eigenvalue weighted by atomic mass is 10.0. The number of rotatable bonds is 3. The number of fused-ring (bicyclic) bond motifs is 1. The lowest BCUT2D eigenvalue weighted by Crippen LogP contribution is -2.12. The van der Waals surface area contributed by atoms with E-state index in [0.717, 1.165) is 18.6 Å². The topological polar surface area (TPSA) is 62.0 Å². The molecule has 4 heteroatoms. The van der Waals surface area contributed by atoms with Crippen LogP contribution >= 0.6 is 0 Å². The van der Waals surface area contributed by atoms with Crippen molar-refractivity contribution in [2.45, 2.75) is 19.3 Å². The predicted molar refractivity (Wildman–Crippen MR) is 68.9 cm³/mol. The molecule has 0 amide bonds. The van der Waals surface area contributed by atoms with E-state index in [4.69, 9.17) is 5.11 Å². The molecule has 1 saturated carbocycles. The zero-order valence-corrected chi connectivity index (χ0v) is 9.91. The predicted octanol–water partition coefficient (Wildman–Crippen LogP) is 2.15. The zero-order chi connectivity index (χ0) is 12.5. The van der Waals surface area contributed by atoms with E-state index in [9.17, 15) is 4.79 Å². The quantitative estimate of drug-likeness (QED) is 0.882. The van der Waals surface area contributed by atoms with Crippen LogP contribution in [0.1, 0.15) is 18.4 Å². The maximum Gasteiger partial charge on any atom is 0.352 e. The van der Waals surface area contributed by atoms with Gasteiger partial charge in [-0.3, -0.25) is 0 Å². The highest BCUT2D eigenvalue weighted by Gasteiger charge is 2.43. The molecular weight excluding hydrogens is 228 g/mol. The van der Waals surface area contributed by atoms with Crippen LogP contribution < -0.4 is 0 Å². The molecule has 0 saturated heterocycles. The number of carboxylic acids is 1. The molecule has 0 aromatic heterocycles. The van der Waals surface area contributed by atoms with E-state index in [1.807, 2.05) is 18.2 Å². The first-order chi connectivity index (χ1) is 8.74. The van der Waals surface area contributed by atoms with Crippen molar-refractivity contribution in [3.05, 3.63) is 35.9 Å². The highest BCUT2D eigenvalue weighted by atomic mass is 16.4. The molecule has 2 aliphatic rings. The summed E-state index contributed by atoms with van der Waals surface area (Å²) in [5.41, 5.74) is 2.43. The molecule has 1 aliphatic heterocycles. The van der Waals surface area contributed by atoms with Crippen LogP contribution in [0.4, 0.5) is 0 Å². The monoisotopic (exact) mass is 242 g/mol. The number of nitrogens with zero attached hydrogens (tertiary/aromatic N) is 2. The third kappa shape index (κ3) is 2.18. The van der Waals surface area contributed by atoms with Gasteiger partial charge in [-0.15, -0.1) is 5.10 Å². The van der Waals surface area contributed by atoms with Crippen LogP contribution in [0.5, 0.6) is 0 Å². The Morgan fingerprint density at radius 2 is 2.06 bits per heavy atom. The summed E-state index contributed by atoms with van der Waals surface area (Å²) >= 11 is 0. The second-order valence-corrected chi connectivity index (χ2v) is 4.91. The van der Waals surface area contributed by atoms with Gasteiger partial charge in [-0.05, 0) is 17.9 Å². The number of hydrogen-bond acceptors (Lipinski definition) is 3. The number of hydrogen-bond donors (Lipinski definition) is 1. The summed E-state index contributed by atoms with van der Waals surface area (Å²) in [6.45, 7) is 0. The molecule has 4 nitrogen and oxygen atoms in total. The highest BCUT2D eigenvalue weighted by Crippen LogP contribution is 2.44. The van der Waals surface area contributed by atoms with Gasteiger partial charge in [0.1, 0.15) is 5.71 Å². The SMILES string of the molecule is O=C(O)C1=NN=C(Cc2ccccc2)C2CC2C1. The van der Waals surface area contributed by atoms with Gasteiger partial charge in [-0.25, -0.2) is 4.79 Å². The van der Waals surface area contributed by atoms with Crippen molar-refractivity contribution >= 4 is 17.4 Å². The molecule has 1 aliphatic carbocycles. The van der Waals surface area contributed by atoms with Crippen LogP contribution in [0.2, 0.25) is 0 Å². The summed E-state index contributed by atoms with van der Waals surface area (Å²) in [7, 11) is 0. The highest BCUT2D eigenvalue weighted by molar-refractivity contribution is 6.36. The van der Waals surface area contributed by atoms with Gasteiger partial charge in [0, 0.05) is 24.5 Å². The Morgan fingerprint density at radius 3 is 2.78 bits per heavy atom. The summed E-state index contributed by atoms with van der Waals surface area (Å²) in [4.78, 5) is 10.9. The Bertz CT molecular complexity index is 534. The molecule has 92 valence electrons. The summed E-state index contributed by atoms with van der Waals surface area (Å²) in [5, 5.41) is 17.0. The standard InChI is InChI=1S/C14H14N2O2/c17-14(18)13-8-10-7-11(10)12(15-16-13)6-9-4-2-1-3-5-9/h1-5,10-11H,6-8H2,(H,17,18). The van der Waals surface area contributed by atoms with Gasteiger partial charge in [0.25, 0.3) is 0 Å². The Kier molecular flexibility index (Phi) is 2.70. The fourth-order valence-electron chi connectivity index (χ4n) is 2.47. The normalized spacial score (nSPS) is 25.6. The van der Waals surface area contributed by atoms with Crippen LogP contribution in [-0.4, -0.2) is 22.5 Å². The van der Waals surface area contributed by atoms with Crippen LogP contribution in [0.3, 0.4) is 0 Å². The van der Waals surface area contributed by atoms with Crippen molar-refractivity contribution in [1.82, 2.24) is 0 Å². The lowest BCUT2D eigenvalue weighted by Gasteiger charge is -2.02. The van der Waals surface area contributed by atoms with E-state index >= 15 is 0 Å². The van der Waals surface area contributed by atoms with Gasteiger partial charge < -0.3 is 5.11 Å². The first-order valence-electron chi connectivity index (χ1n) is 6.14. The lowest BCUT2D eigenvalue weighted by molar-refractivity contribution is -0.129. The second kappa shape index (κ2) is 4.37. The van der Waals surface area contributed by atoms with Crippen LogP contribution in [0.25, 0.3) is 0 Å². The van der Waals surface area contributed by atoms with Crippen molar-refractivity contribution in [1.29, 1.82) is 0 Å². The van der Waals surface area contributed by atoms with Crippen molar-refractivity contribution in [3.63, 3.8) is 0 Å². The number of aliphatic carboxylic acids is 1. The minimum Gasteiger partial charge on any atom is -0.477 e. The third-order valence-corrected chi connectivity index (χ3v) is 3.58. The van der Waals surface area contributed by atoms with Crippen molar-refractivity contribution in [2.75, 3.05) is 0 Å². The molecule has 0 bridgehead atoms. The molecule has 1 aromatic rings. The minimum atomic E-state index is -0.939. The Balaban J connectivity index is 1.81. The third-order valence-electron chi connectivity index (χ3n) is 3.58. The fraction of sp³-hybridized carbons (Fsp3) is 0.357. The van der Waals surface area contributed by atoms with E-state index in [1.165, 1.54) is 5.56 Å². The second-order valence-electron chi connectivity index (χ2n) is 4.91. The summed E-state index contributed by atoms with van der Waals surface area (Å²) < 4.78 is 0. The molecular formula is C14H14N2O2. The van der Waals surface area contributed by atoms with E-state index in [0.29, 0.717) is 18.3 Å². The maximum absolute atomic E-state index is 10.9. The summed E-state index contributed by atoms with van der Waals surface area (Å²) in [6, 6.07) is 10.1. The summed E-state index contributed by atoms with van der Waals surface area (Å²) in [6.07, 6.45) is 2.39. The van der Waals surface area contributed by atoms with E-state index in [2.05, 4.69) is 22.3 Å². The number of carbonyl (C=O) groups is 1. The first-order valence-corrected chi connectivity index (χ1v) is 6.14. The van der Waals surface area contributed by atoms with E-state index in [-0.39, 0.29) is 5.71 Å². The molecule has 1 N–H and O–H groups in total. The molecule has 1 heterocycles. The molecule has 0 radical (unpaired) electrons. The molecule has 1 fully saturated rings.